The molecule has 0 aromatic heterocycles. The van der Waals surface area contributed by atoms with Crippen LogP contribution in [0.15, 0.2) is 48.5 Å². The van der Waals surface area contributed by atoms with Crippen molar-refractivity contribution in [2.75, 3.05) is 0 Å². The second kappa shape index (κ2) is 5.94. The van der Waals surface area contributed by atoms with Crippen molar-refractivity contribution in [1.82, 2.24) is 0 Å². The molecule has 4 bridgehead atoms. The van der Waals surface area contributed by atoms with Gasteiger partial charge >= 0.3 is 11.9 Å². The summed E-state index contributed by atoms with van der Waals surface area (Å²) in [6, 6.07) is 15.0. The molecule has 0 saturated heterocycles. The molecule has 0 radical (unpaired) electrons. The second-order valence-corrected chi connectivity index (χ2v) is 9.29. The summed E-state index contributed by atoms with van der Waals surface area (Å²) in [6.45, 7) is 0. The van der Waals surface area contributed by atoms with Crippen LogP contribution in [-0.2, 0) is 10.8 Å². The maximum Gasteiger partial charge on any atom is 0.335 e. The van der Waals surface area contributed by atoms with Crippen LogP contribution in [0.25, 0.3) is 0 Å². The number of carboxylic acid groups (broad SMARTS) is 2. The first-order chi connectivity index (χ1) is 13.4. The summed E-state index contributed by atoms with van der Waals surface area (Å²) in [5.74, 6) is -0.502. The van der Waals surface area contributed by atoms with E-state index < -0.39 is 11.9 Å². The van der Waals surface area contributed by atoms with Gasteiger partial charge in [0.05, 0.1) is 11.1 Å². The largest absolute Gasteiger partial charge is 0.478 e. The van der Waals surface area contributed by atoms with Crippen molar-refractivity contribution in [3.8, 4) is 0 Å². The molecule has 144 valence electrons. The number of hydrogen-bond donors (Lipinski definition) is 2. The molecule has 4 fully saturated rings. The zero-order valence-electron chi connectivity index (χ0n) is 15.7. The van der Waals surface area contributed by atoms with Gasteiger partial charge in [-0.3, -0.25) is 0 Å². The number of aromatic carboxylic acids is 2. The van der Waals surface area contributed by atoms with Gasteiger partial charge in [0, 0.05) is 0 Å². The molecule has 0 spiro atoms. The first-order valence-electron chi connectivity index (χ1n) is 10.1. The zero-order valence-corrected chi connectivity index (χ0v) is 15.7. The van der Waals surface area contributed by atoms with Crippen molar-refractivity contribution < 1.29 is 19.8 Å². The lowest BCUT2D eigenvalue weighted by Gasteiger charge is -2.63. The Morgan fingerprint density at radius 1 is 0.750 bits per heavy atom. The number of benzene rings is 2. The Bertz CT molecular complexity index is 887. The fourth-order valence-corrected chi connectivity index (χ4v) is 6.90. The molecule has 4 saturated carbocycles. The van der Waals surface area contributed by atoms with Crippen molar-refractivity contribution in [1.29, 1.82) is 0 Å². The molecule has 4 heteroatoms. The van der Waals surface area contributed by atoms with Gasteiger partial charge in [-0.05, 0) is 96.6 Å². The standard InChI is InChI=1S/C24H24O4/c25-21(26)17-3-1-5-19(8-17)23-10-15-7-16(11-23)13-24(12-15,14-23)20-6-2-4-18(9-20)22(27)28/h1-6,8-9,15-16H,7,10-14H2,(H,25,26)(H,27,28). The first-order valence-corrected chi connectivity index (χ1v) is 10.1. The van der Waals surface area contributed by atoms with Crippen LogP contribution in [0.4, 0.5) is 0 Å². The van der Waals surface area contributed by atoms with Gasteiger partial charge in [-0.1, -0.05) is 24.3 Å². The normalized spacial score (nSPS) is 33.0. The summed E-state index contributed by atoms with van der Waals surface area (Å²) in [6.07, 6.45) is 6.71. The van der Waals surface area contributed by atoms with Crippen molar-refractivity contribution >= 4 is 11.9 Å². The van der Waals surface area contributed by atoms with Crippen molar-refractivity contribution in [3.63, 3.8) is 0 Å². The Morgan fingerprint density at radius 3 is 1.57 bits per heavy atom. The quantitative estimate of drug-likeness (QED) is 0.798. The first kappa shape index (κ1) is 17.5. The number of rotatable bonds is 4. The molecule has 0 heterocycles. The van der Waals surface area contributed by atoms with Gasteiger partial charge in [0.1, 0.15) is 0 Å². The van der Waals surface area contributed by atoms with Gasteiger partial charge in [-0.15, -0.1) is 0 Å². The molecule has 2 N–H and O–H groups in total. The van der Waals surface area contributed by atoms with E-state index in [1.54, 1.807) is 12.1 Å². The summed E-state index contributed by atoms with van der Waals surface area (Å²) >= 11 is 0. The average molecular weight is 376 g/mol. The van der Waals surface area contributed by atoms with Crippen molar-refractivity contribution in [2.45, 2.75) is 49.4 Å². The molecule has 0 atom stereocenters. The van der Waals surface area contributed by atoms with Gasteiger partial charge in [0.15, 0.2) is 0 Å². The summed E-state index contributed by atoms with van der Waals surface area (Å²) in [4.78, 5) is 23.0. The molecule has 6 rings (SSSR count). The molecular formula is C24H24O4. The summed E-state index contributed by atoms with van der Waals surface area (Å²) in [5, 5.41) is 18.9. The minimum Gasteiger partial charge on any atom is -0.478 e. The zero-order chi connectivity index (χ0) is 19.5. The fraction of sp³-hybridized carbons (Fsp3) is 0.417. The van der Waals surface area contributed by atoms with Gasteiger partial charge in [0.2, 0.25) is 0 Å². The number of hydrogen-bond acceptors (Lipinski definition) is 2. The predicted molar refractivity (Wildman–Crippen MR) is 105 cm³/mol. The van der Waals surface area contributed by atoms with Crippen LogP contribution >= 0.6 is 0 Å². The Labute approximate surface area is 164 Å². The van der Waals surface area contributed by atoms with Gasteiger partial charge in [0.25, 0.3) is 0 Å². The molecule has 28 heavy (non-hydrogen) atoms. The topological polar surface area (TPSA) is 74.6 Å². The number of carbonyl (C=O) groups is 2. The lowest BCUT2D eigenvalue weighted by Crippen LogP contribution is -2.56. The maximum atomic E-state index is 11.5. The SMILES string of the molecule is O=C(O)c1cccc(C23CC4CC(C2)CC(c2cccc(C(=O)O)c2)(C4)C3)c1. The highest BCUT2D eigenvalue weighted by Gasteiger charge is 2.58. The van der Waals surface area contributed by atoms with E-state index in [9.17, 15) is 19.8 Å². The summed E-state index contributed by atoms with van der Waals surface area (Å²) in [7, 11) is 0. The molecule has 2 aromatic rings. The van der Waals surface area contributed by atoms with E-state index in [-0.39, 0.29) is 10.8 Å². The van der Waals surface area contributed by atoms with E-state index in [2.05, 4.69) is 12.1 Å². The van der Waals surface area contributed by atoms with E-state index in [0.29, 0.717) is 23.0 Å². The van der Waals surface area contributed by atoms with E-state index in [0.717, 1.165) is 43.2 Å². The third-order valence-electron chi connectivity index (χ3n) is 7.50. The lowest BCUT2D eigenvalue weighted by molar-refractivity contribution is -0.0281. The predicted octanol–water partition coefficient (Wildman–Crippen LogP) is 4.87. The molecule has 4 aliphatic carbocycles. The second-order valence-electron chi connectivity index (χ2n) is 9.29. The third kappa shape index (κ3) is 2.58. The Balaban J connectivity index is 1.60. The van der Waals surface area contributed by atoms with Crippen LogP contribution in [0.2, 0.25) is 0 Å². The minimum absolute atomic E-state index is 0.00870. The molecule has 0 aliphatic heterocycles. The van der Waals surface area contributed by atoms with Gasteiger partial charge in [-0.2, -0.15) is 0 Å². The van der Waals surface area contributed by atoms with E-state index in [1.807, 2.05) is 24.3 Å². The highest BCUT2D eigenvalue weighted by Crippen LogP contribution is 2.66. The van der Waals surface area contributed by atoms with Gasteiger partial charge < -0.3 is 10.2 Å². The van der Waals surface area contributed by atoms with Crippen LogP contribution in [0.1, 0.15) is 70.4 Å². The van der Waals surface area contributed by atoms with Crippen LogP contribution in [0.3, 0.4) is 0 Å². The number of carboxylic acids is 2. The Hall–Kier alpha value is -2.62. The molecule has 0 amide bonds. The highest BCUT2D eigenvalue weighted by molar-refractivity contribution is 5.88. The van der Waals surface area contributed by atoms with E-state index >= 15 is 0 Å². The molecular weight excluding hydrogens is 352 g/mol. The van der Waals surface area contributed by atoms with E-state index in [1.165, 1.54) is 6.42 Å². The smallest absolute Gasteiger partial charge is 0.335 e. The third-order valence-corrected chi connectivity index (χ3v) is 7.50. The molecule has 0 unspecified atom stereocenters. The molecule has 4 aliphatic rings. The van der Waals surface area contributed by atoms with Gasteiger partial charge in [-0.25, -0.2) is 9.59 Å². The van der Waals surface area contributed by atoms with Crippen molar-refractivity contribution in [3.05, 3.63) is 70.8 Å². The Kier molecular flexibility index (Phi) is 3.71. The average Bonchev–Trinajstić information content (AvgIpc) is 2.67. The Morgan fingerprint density at radius 2 is 1.18 bits per heavy atom. The fourth-order valence-electron chi connectivity index (χ4n) is 6.90. The minimum atomic E-state index is -0.879. The molecule has 2 aromatic carbocycles. The van der Waals surface area contributed by atoms with Crippen LogP contribution in [-0.4, -0.2) is 22.2 Å². The van der Waals surface area contributed by atoms with Crippen LogP contribution in [0, 0.1) is 11.8 Å². The van der Waals surface area contributed by atoms with Crippen LogP contribution < -0.4 is 0 Å². The summed E-state index contributed by atoms with van der Waals surface area (Å²) < 4.78 is 0. The highest BCUT2D eigenvalue weighted by atomic mass is 16.4. The van der Waals surface area contributed by atoms with Crippen molar-refractivity contribution in [2.24, 2.45) is 11.8 Å². The lowest BCUT2D eigenvalue weighted by atomic mass is 9.41. The van der Waals surface area contributed by atoms with Crippen LogP contribution in [0.5, 0.6) is 0 Å². The monoisotopic (exact) mass is 376 g/mol. The summed E-state index contributed by atoms with van der Waals surface area (Å²) in [5.41, 5.74) is 3.04. The maximum absolute atomic E-state index is 11.5. The van der Waals surface area contributed by atoms with E-state index in [4.69, 9.17) is 0 Å². The molecule has 4 nitrogen and oxygen atoms in total.